The van der Waals surface area contributed by atoms with Gasteiger partial charge in [-0.2, -0.15) is 0 Å². The van der Waals surface area contributed by atoms with Crippen LogP contribution < -0.4 is 10.1 Å². The third kappa shape index (κ3) is 4.54. The zero-order valence-electron chi connectivity index (χ0n) is 13.6. The Hall–Kier alpha value is -2.93. The van der Waals surface area contributed by atoms with Crippen LogP contribution in [0.15, 0.2) is 54.0 Å². The van der Waals surface area contributed by atoms with E-state index in [9.17, 15) is 4.79 Å². The summed E-state index contributed by atoms with van der Waals surface area (Å²) in [5, 5.41) is 5.80. The second kappa shape index (κ2) is 8.25. The van der Waals surface area contributed by atoms with Gasteiger partial charge in [0.25, 0.3) is 0 Å². The zero-order chi connectivity index (χ0) is 17.5. The van der Waals surface area contributed by atoms with Crippen molar-refractivity contribution in [2.75, 3.05) is 11.9 Å². The first kappa shape index (κ1) is 16.9. The van der Waals surface area contributed by atoms with Gasteiger partial charge in [-0.15, -0.1) is 11.3 Å². The zero-order valence-corrected chi connectivity index (χ0v) is 14.5. The second-order valence-corrected chi connectivity index (χ2v) is 5.86. The Balaban J connectivity index is 1.60. The van der Waals surface area contributed by atoms with Crippen LogP contribution in [0, 0.1) is 0 Å². The number of hydrogen-bond donors (Lipinski definition) is 1. The summed E-state index contributed by atoms with van der Waals surface area (Å²) in [5.41, 5.74) is 1.94. The summed E-state index contributed by atoms with van der Waals surface area (Å²) in [5.74, 6) is -0.207. The van der Waals surface area contributed by atoms with Gasteiger partial charge in [0.15, 0.2) is 5.13 Å². The van der Waals surface area contributed by atoms with Crippen molar-refractivity contribution in [3.63, 3.8) is 0 Å². The first-order valence-electron chi connectivity index (χ1n) is 7.77. The Morgan fingerprint density at radius 2 is 2.04 bits per heavy atom. The predicted octanol–water partition coefficient (Wildman–Crippen LogP) is 4.04. The van der Waals surface area contributed by atoms with Gasteiger partial charge >= 0.3 is 5.97 Å². The van der Waals surface area contributed by atoms with Crippen LogP contribution in [0.25, 0.3) is 0 Å². The summed E-state index contributed by atoms with van der Waals surface area (Å²) in [6.07, 6.45) is 1.57. The summed E-state index contributed by atoms with van der Waals surface area (Å²) in [6, 6.07) is 13.1. The molecule has 0 amide bonds. The fraction of sp³-hybridized carbons (Fsp3) is 0.167. The van der Waals surface area contributed by atoms with E-state index in [2.05, 4.69) is 15.3 Å². The molecule has 0 atom stereocenters. The summed E-state index contributed by atoms with van der Waals surface area (Å²) in [7, 11) is 0. The summed E-state index contributed by atoms with van der Waals surface area (Å²) in [4.78, 5) is 20.7. The highest BCUT2D eigenvalue weighted by molar-refractivity contribution is 7.13. The highest BCUT2D eigenvalue weighted by Crippen LogP contribution is 2.22. The molecule has 25 heavy (non-hydrogen) atoms. The summed E-state index contributed by atoms with van der Waals surface area (Å²) in [6.45, 7) is 2.35. The predicted molar refractivity (Wildman–Crippen MR) is 96.4 cm³/mol. The largest absolute Gasteiger partial charge is 0.477 e. The van der Waals surface area contributed by atoms with E-state index in [0.717, 1.165) is 10.8 Å². The monoisotopic (exact) mass is 355 g/mol. The molecule has 0 aliphatic heterocycles. The number of hydrogen-bond acceptors (Lipinski definition) is 7. The fourth-order valence-corrected chi connectivity index (χ4v) is 2.81. The van der Waals surface area contributed by atoms with Gasteiger partial charge in [-0.25, -0.2) is 14.8 Å². The molecule has 2 aromatic heterocycles. The van der Waals surface area contributed by atoms with Gasteiger partial charge in [-0.1, -0.05) is 18.2 Å². The lowest BCUT2D eigenvalue weighted by Crippen LogP contribution is -2.09. The van der Waals surface area contributed by atoms with Crippen LogP contribution in [0.2, 0.25) is 0 Å². The molecule has 0 saturated heterocycles. The van der Waals surface area contributed by atoms with Gasteiger partial charge in [0.2, 0.25) is 5.88 Å². The summed E-state index contributed by atoms with van der Waals surface area (Å²) >= 11 is 1.45. The normalized spacial score (nSPS) is 10.3. The number of anilines is 2. The first-order valence-corrected chi connectivity index (χ1v) is 8.65. The molecule has 1 aromatic carbocycles. The Labute approximate surface area is 149 Å². The van der Waals surface area contributed by atoms with Crippen LogP contribution in [-0.2, 0) is 11.3 Å². The van der Waals surface area contributed by atoms with Gasteiger partial charge < -0.3 is 14.8 Å². The van der Waals surface area contributed by atoms with Gasteiger partial charge in [0.1, 0.15) is 12.2 Å². The van der Waals surface area contributed by atoms with E-state index >= 15 is 0 Å². The van der Waals surface area contributed by atoms with Gasteiger partial charge in [0.05, 0.1) is 12.3 Å². The minimum absolute atomic E-state index is 0.0895. The lowest BCUT2D eigenvalue weighted by atomic mass is 10.3. The number of para-hydroxylation sites is 1. The number of pyridine rings is 1. The molecular weight excluding hydrogens is 338 g/mol. The Morgan fingerprint density at radius 1 is 1.20 bits per heavy atom. The molecular formula is C18H17N3O3S. The van der Waals surface area contributed by atoms with Crippen LogP contribution in [-0.4, -0.2) is 22.5 Å². The van der Waals surface area contributed by atoms with Crippen molar-refractivity contribution in [1.29, 1.82) is 0 Å². The van der Waals surface area contributed by atoms with Crippen LogP contribution in [0.5, 0.6) is 5.88 Å². The second-order valence-electron chi connectivity index (χ2n) is 5.00. The van der Waals surface area contributed by atoms with Crippen molar-refractivity contribution in [1.82, 2.24) is 9.97 Å². The summed E-state index contributed by atoms with van der Waals surface area (Å²) < 4.78 is 10.7. The van der Waals surface area contributed by atoms with Gasteiger partial charge in [0, 0.05) is 17.3 Å². The molecule has 1 N–H and O–H groups in total. The fourth-order valence-electron chi connectivity index (χ4n) is 2.09. The standard InChI is InChI=1S/C18H17N3O3S/c1-2-23-16-15(9-6-10-19-16)17(22)24-11-14-12-25-18(21-14)20-13-7-4-3-5-8-13/h3-10,12H,2,11H2,1H3,(H,20,21). The number of carbonyl (C=O) groups excluding carboxylic acids is 1. The molecule has 0 fully saturated rings. The van der Waals surface area contributed by atoms with Gasteiger partial charge in [-0.05, 0) is 31.2 Å². The smallest absolute Gasteiger partial charge is 0.344 e. The number of nitrogens with zero attached hydrogens (tertiary/aromatic N) is 2. The number of nitrogens with one attached hydrogen (secondary N) is 1. The Kier molecular flexibility index (Phi) is 5.58. The van der Waals surface area contributed by atoms with Crippen LogP contribution >= 0.6 is 11.3 Å². The third-order valence-electron chi connectivity index (χ3n) is 3.20. The first-order chi connectivity index (χ1) is 12.3. The molecule has 0 aliphatic rings. The lowest BCUT2D eigenvalue weighted by molar-refractivity contribution is 0.0463. The third-order valence-corrected chi connectivity index (χ3v) is 4.01. The van der Waals surface area contributed by atoms with Gasteiger partial charge in [-0.3, -0.25) is 0 Å². The van der Waals surface area contributed by atoms with E-state index in [0.29, 0.717) is 17.9 Å². The van der Waals surface area contributed by atoms with E-state index in [1.54, 1.807) is 18.3 Å². The Bertz CT molecular complexity index is 836. The molecule has 0 radical (unpaired) electrons. The minimum atomic E-state index is -0.484. The number of rotatable bonds is 7. The van der Waals surface area contributed by atoms with Crippen molar-refractivity contribution in [3.05, 3.63) is 65.3 Å². The van der Waals surface area contributed by atoms with E-state index in [-0.39, 0.29) is 12.5 Å². The maximum Gasteiger partial charge on any atom is 0.344 e. The van der Waals surface area contributed by atoms with Crippen molar-refractivity contribution in [2.45, 2.75) is 13.5 Å². The number of benzene rings is 1. The van der Waals surface area contributed by atoms with Crippen LogP contribution in [0.3, 0.4) is 0 Å². The average Bonchev–Trinajstić information content (AvgIpc) is 3.09. The average molecular weight is 355 g/mol. The van der Waals surface area contributed by atoms with E-state index < -0.39 is 5.97 Å². The number of ether oxygens (including phenoxy) is 2. The molecule has 128 valence electrons. The Morgan fingerprint density at radius 3 is 2.84 bits per heavy atom. The van der Waals surface area contributed by atoms with Crippen molar-refractivity contribution in [3.8, 4) is 5.88 Å². The van der Waals surface area contributed by atoms with Crippen LogP contribution in [0.4, 0.5) is 10.8 Å². The molecule has 0 unspecified atom stereocenters. The molecule has 2 heterocycles. The van der Waals surface area contributed by atoms with Crippen molar-refractivity contribution < 1.29 is 14.3 Å². The molecule has 3 aromatic rings. The quantitative estimate of drug-likeness (QED) is 0.645. The van der Waals surface area contributed by atoms with E-state index in [4.69, 9.17) is 9.47 Å². The van der Waals surface area contributed by atoms with Crippen molar-refractivity contribution >= 4 is 28.1 Å². The molecule has 0 aliphatic carbocycles. The van der Waals surface area contributed by atoms with E-state index in [1.807, 2.05) is 42.6 Å². The highest BCUT2D eigenvalue weighted by Gasteiger charge is 2.15. The number of carbonyl (C=O) groups is 1. The molecule has 0 bridgehead atoms. The molecule has 0 spiro atoms. The number of esters is 1. The molecule has 0 saturated carbocycles. The minimum Gasteiger partial charge on any atom is -0.477 e. The molecule has 7 heteroatoms. The SMILES string of the molecule is CCOc1ncccc1C(=O)OCc1csc(Nc2ccccc2)n1. The lowest BCUT2D eigenvalue weighted by Gasteiger charge is -2.08. The maximum atomic E-state index is 12.2. The number of thiazole rings is 1. The molecule has 6 nitrogen and oxygen atoms in total. The highest BCUT2D eigenvalue weighted by atomic mass is 32.1. The molecule has 3 rings (SSSR count). The van der Waals surface area contributed by atoms with E-state index in [1.165, 1.54) is 11.3 Å². The maximum absolute atomic E-state index is 12.2. The number of aromatic nitrogens is 2. The topological polar surface area (TPSA) is 73.3 Å². The van der Waals surface area contributed by atoms with Crippen LogP contribution in [0.1, 0.15) is 23.0 Å². The van der Waals surface area contributed by atoms with Crippen molar-refractivity contribution in [2.24, 2.45) is 0 Å².